The van der Waals surface area contributed by atoms with Crippen LogP contribution in [0.2, 0.25) is 0 Å². The molecule has 2 amide bonds. The van der Waals surface area contributed by atoms with Gasteiger partial charge in [0, 0.05) is 32.5 Å². The van der Waals surface area contributed by atoms with Gasteiger partial charge in [-0.3, -0.25) is 0 Å². The fourth-order valence-electron chi connectivity index (χ4n) is 2.46. The number of amides is 2. The number of carbonyl (C=O) groups is 2. The topological polar surface area (TPSA) is 67.9 Å². The molecule has 0 aliphatic carbocycles. The number of nitrogens with one attached hydrogen (secondary N) is 1. The molecule has 138 valence electrons. The van der Waals surface area contributed by atoms with E-state index in [0.29, 0.717) is 25.3 Å². The highest BCUT2D eigenvalue weighted by Gasteiger charge is 2.14. The zero-order valence-electron chi connectivity index (χ0n) is 15.1. The summed E-state index contributed by atoms with van der Waals surface area (Å²) in [6, 6.07) is 16.2. The summed E-state index contributed by atoms with van der Waals surface area (Å²) < 4.78 is 9.79. The number of hydrogen-bond acceptors (Lipinski definition) is 4. The number of carbonyl (C=O) groups excluding carboxylic acids is 2. The van der Waals surface area contributed by atoms with E-state index in [0.717, 1.165) is 17.7 Å². The molecule has 1 N–H and O–H groups in total. The lowest BCUT2D eigenvalue weighted by Crippen LogP contribution is -2.35. The highest BCUT2D eigenvalue weighted by atomic mass is 16.5. The van der Waals surface area contributed by atoms with Crippen LogP contribution < -0.4 is 5.32 Å². The number of methoxy groups -OCH3 is 2. The Morgan fingerprint density at radius 2 is 1.69 bits per heavy atom. The van der Waals surface area contributed by atoms with Gasteiger partial charge in [-0.15, -0.1) is 0 Å². The van der Waals surface area contributed by atoms with Crippen molar-refractivity contribution in [1.82, 2.24) is 4.90 Å². The molecule has 6 nitrogen and oxygen atoms in total. The summed E-state index contributed by atoms with van der Waals surface area (Å²) >= 11 is 0. The van der Waals surface area contributed by atoms with E-state index in [-0.39, 0.29) is 12.0 Å². The van der Waals surface area contributed by atoms with Gasteiger partial charge in [-0.2, -0.15) is 0 Å². The van der Waals surface area contributed by atoms with E-state index < -0.39 is 0 Å². The predicted octanol–water partition coefficient (Wildman–Crippen LogP) is 3.54. The van der Waals surface area contributed by atoms with Gasteiger partial charge in [-0.25, -0.2) is 9.59 Å². The number of anilines is 1. The Balaban J connectivity index is 2.05. The maximum atomic E-state index is 12.6. The minimum atomic E-state index is -0.379. The second-order valence-electron chi connectivity index (χ2n) is 5.75. The summed E-state index contributed by atoms with van der Waals surface area (Å²) in [4.78, 5) is 25.9. The molecule has 0 aromatic heterocycles. The molecule has 26 heavy (non-hydrogen) atoms. The first-order chi connectivity index (χ1) is 12.6. The van der Waals surface area contributed by atoms with E-state index in [4.69, 9.17) is 9.47 Å². The molecule has 0 heterocycles. The van der Waals surface area contributed by atoms with Crippen molar-refractivity contribution < 1.29 is 19.1 Å². The molecule has 6 heteroatoms. The molecular formula is C20H24N2O4. The van der Waals surface area contributed by atoms with E-state index in [1.54, 1.807) is 24.1 Å². The summed E-state index contributed by atoms with van der Waals surface area (Å²) in [5.41, 5.74) is 2.16. The van der Waals surface area contributed by atoms with Crippen LogP contribution in [0.5, 0.6) is 0 Å². The van der Waals surface area contributed by atoms with Crippen molar-refractivity contribution in [2.75, 3.05) is 32.7 Å². The number of rotatable bonds is 8. The van der Waals surface area contributed by atoms with Gasteiger partial charge in [0.15, 0.2) is 0 Å². The minimum Gasteiger partial charge on any atom is -0.465 e. The largest absolute Gasteiger partial charge is 0.465 e. The van der Waals surface area contributed by atoms with E-state index in [2.05, 4.69) is 5.32 Å². The SMILES string of the molecule is COCCCN(Cc1ccc(C(=O)OC)cc1)C(=O)Nc1ccccc1. The number of esters is 1. The molecular weight excluding hydrogens is 332 g/mol. The number of benzene rings is 2. The van der Waals surface area contributed by atoms with Gasteiger partial charge >= 0.3 is 12.0 Å². The van der Waals surface area contributed by atoms with Crippen LogP contribution in [0, 0.1) is 0 Å². The zero-order valence-corrected chi connectivity index (χ0v) is 15.1. The van der Waals surface area contributed by atoms with Crippen molar-refractivity contribution in [1.29, 1.82) is 0 Å². The Labute approximate surface area is 153 Å². The van der Waals surface area contributed by atoms with E-state index in [9.17, 15) is 9.59 Å². The average molecular weight is 356 g/mol. The molecule has 0 saturated carbocycles. The second-order valence-corrected chi connectivity index (χ2v) is 5.75. The Kier molecular flexibility index (Phi) is 7.64. The fraction of sp³-hybridized carbons (Fsp3) is 0.300. The maximum absolute atomic E-state index is 12.6. The van der Waals surface area contributed by atoms with Crippen molar-refractivity contribution in [2.24, 2.45) is 0 Å². The third-order valence-corrected chi connectivity index (χ3v) is 3.84. The average Bonchev–Trinajstić information content (AvgIpc) is 2.68. The third-order valence-electron chi connectivity index (χ3n) is 3.84. The first-order valence-electron chi connectivity index (χ1n) is 8.41. The summed E-state index contributed by atoms with van der Waals surface area (Å²) in [5, 5.41) is 2.90. The monoisotopic (exact) mass is 356 g/mol. The van der Waals surface area contributed by atoms with E-state index >= 15 is 0 Å². The van der Waals surface area contributed by atoms with Gasteiger partial charge in [0.05, 0.1) is 12.7 Å². The quantitative estimate of drug-likeness (QED) is 0.580. The van der Waals surface area contributed by atoms with Crippen molar-refractivity contribution in [3.8, 4) is 0 Å². The normalized spacial score (nSPS) is 10.2. The van der Waals surface area contributed by atoms with Crippen LogP contribution in [0.25, 0.3) is 0 Å². The number of hydrogen-bond donors (Lipinski definition) is 1. The molecule has 0 saturated heterocycles. The summed E-state index contributed by atoms with van der Waals surface area (Å²) in [7, 11) is 2.99. The highest BCUT2D eigenvalue weighted by Crippen LogP contribution is 2.12. The maximum Gasteiger partial charge on any atom is 0.337 e. The molecule has 0 spiro atoms. The van der Waals surface area contributed by atoms with Crippen molar-refractivity contribution in [2.45, 2.75) is 13.0 Å². The van der Waals surface area contributed by atoms with Gasteiger partial charge in [0.2, 0.25) is 0 Å². The Hall–Kier alpha value is -2.86. The summed E-state index contributed by atoms with van der Waals surface area (Å²) in [6.07, 6.45) is 0.735. The van der Waals surface area contributed by atoms with Crippen LogP contribution in [0.4, 0.5) is 10.5 Å². The van der Waals surface area contributed by atoms with Crippen LogP contribution in [-0.4, -0.2) is 44.3 Å². The predicted molar refractivity (Wildman–Crippen MR) is 100 cm³/mol. The number of nitrogens with zero attached hydrogens (tertiary/aromatic N) is 1. The molecule has 0 aliphatic heterocycles. The third kappa shape index (κ3) is 5.89. The lowest BCUT2D eigenvalue weighted by Gasteiger charge is -2.23. The van der Waals surface area contributed by atoms with E-state index in [1.165, 1.54) is 7.11 Å². The van der Waals surface area contributed by atoms with Crippen molar-refractivity contribution in [3.05, 3.63) is 65.7 Å². The number of para-hydroxylation sites is 1. The highest BCUT2D eigenvalue weighted by molar-refractivity contribution is 5.90. The molecule has 0 fully saturated rings. The standard InChI is InChI=1S/C20H24N2O4/c1-25-14-6-13-22(20(24)21-18-7-4-3-5-8-18)15-16-9-11-17(12-10-16)19(23)26-2/h3-5,7-12H,6,13-15H2,1-2H3,(H,21,24). The van der Waals surface area contributed by atoms with Gasteiger partial charge in [-0.05, 0) is 36.2 Å². The summed E-state index contributed by atoms with van der Waals surface area (Å²) in [6.45, 7) is 1.57. The van der Waals surface area contributed by atoms with Crippen LogP contribution in [0.15, 0.2) is 54.6 Å². The smallest absolute Gasteiger partial charge is 0.337 e. The number of ether oxygens (including phenoxy) is 2. The summed E-state index contributed by atoms with van der Waals surface area (Å²) in [5.74, 6) is -0.379. The first kappa shape index (κ1) is 19.5. The molecule has 2 aromatic carbocycles. The Morgan fingerprint density at radius 3 is 2.31 bits per heavy atom. The van der Waals surface area contributed by atoms with Crippen LogP contribution >= 0.6 is 0 Å². The molecule has 0 atom stereocenters. The Bertz CT molecular complexity index is 702. The first-order valence-corrected chi connectivity index (χ1v) is 8.41. The van der Waals surface area contributed by atoms with Crippen molar-refractivity contribution in [3.63, 3.8) is 0 Å². The van der Waals surface area contributed by atoms with Crippen molar-refractivity contribution >= 4 is 17.7 Å². The van der Waals surface area contributed by atoms with Gasteiger partial charge in [-0.1, -0.05) is 30.3 Å². The lowest BCUT2D eigenvalue weighted by atomic mass is 10.1. The molecule has 0 radical (unpaired) electrons. The zero-order chi connectivity index (χ0) is 18.8. The minimum absolute atomic E-state index is 0.177. The second kappa shape index (κ2) is 10.2. The molecule has 0 bridgehead atoms. The molecule has 0 aliphatic rings. The lowest BCUT2D eigenvalue weighted by molar-refractivity contribution is 0.0600. The fourth-order valence-corrected chi connectivity index (χ4v) is 2.46. The van der Waals surface area contributed by atoms with Crippen LogP contribution in [0.1, 0.15) is 22.3 Å². The molecule has 0 unspecified atom stereocenters. The van der Waals surface area contributed by atoms with Crippen LogP contribution in [-0.2, 0) is 16.0 Å². The van der Waals surface area contributed by atoms with E-state index in [1.807, 2.05) is 42.5 Å². The Morgan fingerprint density at radius 1 is 1.00 bits per heavy atom. The van der Waals surface area contributed by atoms with Gasteiger partial charge < -0.3 is 19.7 Å². The van der Waals surface area contributed by atoms with Gasteiger partial charge in [0.1, 0.15) is 0 Å². The number of urea groups is 1. The molecule has 2 aromatic rings. The van der Waals surface area contributed by atoms with Gasteiger partial charge in [0.25, 0.3) is 0 Å². The molecule has 2 rings (SSSR count). The van der Waals surface area contributed by atoms with Crippen LogP contribution in [0.3, 0.4) is 0 Å².